The molecule has 17 nitrogen and oxygen atoms in total. The molecule has 0 saturated heterocycles. The van der Waals surface area contributed by atoms with Gasteiger partial charge in [0.25, 0.3) is 0 Å². The van der Waals surface area contributed by atoms with Gasteiger partial charge >= 0.3 is 39.5 Å². The molecule has 588 valence electrons. The molecule has 0 fully saturated rings. The first kappa shape index (κ1) is 97.1. The van der Waals surface area contributed by atoms with Crippen LogP contribution in [-0.4, -0.2) is 96.7 Å². The summed E-state index contributed by atoms with van der Waals surface area (Å²) >= 11 is 0. The molecule has 3 N–H and O–H groups in total. The minimum absolute atomic E-state index is 0.107. The van der Waals surface area contributed by atoms with Crippen LogP contribution < -0.4 is 0 Å². The van der Waals surface area contributed by atoms with Gasteiger partial charge in [0, 0.05) is 25.7 Å². The predicted octanol–water partition coefficient (Wildman–Crippen LogP) is 23.9. The topological polar surface area (TPSA) is 237 Å². The summed E-state index contributed by atoms with van der Waals surface area (Å²) < 4.78 is 68.6. The van der Waals surface area contributed by atoms with Gasteiger partial charge in [0.2, 0.25) is 0 Å². The minimum Gasteiger partial charge on any atom is -0.462 e. The average Bonchev–Trinajstić information content (AvgIpc) is 1.13. The Hall–Kier alpha value is -1.94. The van der Waals surface area contributed by atoms with Crippen molar-refractivity contribution in [1.82, 2.24) is 0 Å². The van der Waals surface area contributed by atoms with Crippen molar-refractivity contribution in [2.45, 2.75) is 439 Å². The number of phosphoric acid groups is 2. The van der Waals surface area contributed by atoms with E-state index >= 15 is 0 Å². The molecule has 6 atom stereocenters. The number of hydrogen-bond acceptors (Lipinski definition) is 15. The van der Waals surface area contributed by atoms with Crippen LogP contribution in [0.3, 0.4) is 0 Å². The fourth-order valence-corrected chi connectivity index (χ4v) is 13.9. The average molecular weight is 1450 g/mol. The van der Waals surface area contributed by atoms with Gasteiger partial charge in [-0.25, -0.2) is 9.13 Å². The zero-order chi connectivity index (χ0) is 72.8. The Morgan fingerprint density at radius 3 is 0.768 bits per heavy atom. The van der Waals surface area contributed by atoms with Crippen molar-refractivity contribution >= 4 is 39.5 Å². The smallest absolute Gasteiger partial charge is 0.462 e. The van der Waals surface area contributed by atoms with Crippen molar-refractivity contribution in [1.29, 1.82) is 0 Å². The van der Waals surface area contributed by atoms with Crippen molar-refractivity contribution in [2.24, 2.45) is 11.8 Å². The van der Waals surface area contributed by atoms with E-state index in [-0.39, 0.29) is 25.7 Å². The van der Waals surface area contributed by atoms with Gasteiger partial charge in [0.15, 0.2) is 12.2 Å². The Bertz CT molecular complexity index is 1910. The number of carbonyl (C=O) groups excluding carboxylic acids is 4. The number of carbonyl (C=O) groups is 4. The van der Waals surface area contributed by atoms with E-state index in [9.17, 15) is 43.2 Å². The van der Waals surface area contributed by atoms with Crippen LogP contribution in [0.1, 0.15) is 420 Å². The number of phosphoric ester groups is 2. The Balaban J connectivity index is 5.20. The van der Waals surface area contributed by atoms with E-state index in [4.69, 9.17) is 37.0 Å². The highest BCUT2D eigenvalue weighted by Crippen LogP contribution is 2.45. The van der Waals surface area contributed by atoms with Gasteiger partial charge in [0.05, 0.1) is 26.4 Å². The zero-order valence-corrected chi connectivity index (χ0v) is 66.6. The number of esters is 4. The minimum atomic E-state index is -4.96. The Morgan fingerprint density at radius 1 is 0.293 bits per heavy atom. The normalized spacial score (nSPS) is 14.2. The predicted molar refractivity (Wildman–Crippen MR) is 405 cm³/mol. The molecule has 0 saturated carbocycles. The van der Waals surface area contributed by atoms with Gasteiger partial charge in [-0.3, -0.25) is 37.3 Å². The van der Waals surface area contributed by atoms with Crippen LogP contribution in [-0.2, 0) is 65.4 Å². The summed E-state index contributed by atoms with van der Waals surface area (Å²) in [5.41, 5.74) is 0. The third-order valence-electron chi connectivity index (χ3n) is 19.1. The lowest BCUT2D eigenvalue weighted by Gasteiger charge is -2.21. The monoisotopic (exact) mass is 1450 g/mol. The van der Waals surface area contributed by atoms with Gasteiger partial charge in [-0.2, -0.15) is 0 Å². The van der Waals surface area contributed by atoms with Crippen LogP contribution in [0.5, 0.6) is 0 Å². The first-order valence-corrected chi connectivity index (χ1v) is 44.5. The molecule has 0 heterocycles. The molecule has 0 spiro atoms. The maximum absolute atomic E-state index is 13.1. The Morgan fingerprint density at radius 2 is 0.515 bits per heavy atom. The maximum atomic E-state index is 13.1. The number of aliphatic hydroxyl groups excluding tert-OH is 1. The molecule has 0 rings (SSSR count). The summed E-state index contributed by atoms with van der Waals surface area (Å²) in [5.74, 6) is -0.610. The first-order valence-electron chi connectivity index (χ1n) is 41.5. The van der Waals surface area contributed by atoms with E-state index in [1.54, 1.807) is 0 Å². The van der Waals surface area contributed by atoms with Gasteiger partial charge in [0.1, 0.15) is 19.3 Å². The molecule has 0 radical (unpaired) electrons. The van der Waals surface area contributed by atoms with Gasteiger partial charge < -0.3 is 33.8 Å². The van der Waals surface area contributed by atoms with Crippen molar-refractivity contribution in [3.63, 3.8) is 0 Å². The molecule has 19 heteroatoms. The van der Waals surface area contributed by atoms with Crippen LogP contribution in [0, 0.1) is 11.8 Å². The molecule has 99 heavy (non-hydrogen) atoms. The zero-order valence-electron chi connectivity index (χ0n) is 64.8. The summed E-state index contributed by atoms with van der Waals surface area (Å²) in [5, 5.41) is 10.6. The first-order chi connectivity index (χ1) is 47.9. The van der Waals surface area contributed by atoms with E-state index in [0.717, 1.165) is 108 Å². The van der Waals surface area contributed by atoms with Crippen LogP contribution in [0.15, 0.2) is 0 Å². The third kappa shape index (κ3) is 72.8. The van der Waals surface area contributed by atoms with Crippen molar-refractivity contribution < 1.29 is 80.2 Å². The molecule has 0 amide bonds. The van der Waals surface area contributed by atoms with Gasteiger partial charge in [-0.05, 0) is 37.5 Å². The molecule has 0 aliphatic heterocycles. The second kappa shape index (κ2) is 71.7. The maximum Gasteiger partial charge on any atom is 0.472 e. The highest BCUT2D eigenvalue weighted by Gasteiger charge is 2.30. The summed E-state index contributed by atoms with van der Waals surface area (Å²) in [6.45, 7) is 9.59. The van der Waals surface area contributed by atoms with E-state index in [1.807, 2.05) is 0 Å². The molecule has 0 aliphatic rings. The molecule has 0 aromatic heterocycles. The quantitative estimate of drug-likeness (QED) is 0.0222. The van der Waals surface area contributed by atoms with Crippen LogP contribution in [0.4, 0.5) is 0 Å². The number of unbranched alkanes of at least 4 members (excludes halogenated alkanes) is 48. The summed E-state index contributed by atoms with van der Waals surface area (Å²) in [7, 11) is -9.92. The molecule has 0 aromatic carbocycles. The van der Waals surface area contributed by atoms with Crippen molar-refractivity contribution in [3.05, 3.63) is 0 Å². The molecular weight excluding hydrogens is 1290 g/mol. The fourth-order valence-electron chi connectivity index (χ4n) is 12.3. The lowest BCUT2D eigenvalue weighted by atomic mass is 10.00. The summed E-state index contributed by atoms with van der Waals surface area (Å²) in [6, 6.07) is 0. The number of ether oxygens (including phenoxy) is 4. The second-order valence-corrected chi connectivity index (χ2v) is 32.4. The highest BCUT2D eigenvalue weighted by molar-refractivity contribution is 7.47. The van der Waals surface area contributed by atoms with E-state index in [2.05, 4.69) is 41.5 Å². The number of aliphatic hydroxyl groups is 1. The van der Waals surface area contributed by atoms with Gasteiger partial charge in [-0.15, -0.1) is 0 Å². The van der Waals surface area contributed by atoms with Gasteiger partial charge in [-0.1, -0.05) is 369 Å². The fraction of sp³-hybridized carbons (Fsp3) is 0.950. The highest BCUT2D eigenvalue weighted by atomic mass is 31.2. The van der Waals surface area contributed by atoms with Crippen LogP contribution in [0.25, 0.3) is 0 Å². The third-order valence-corrected chi connectivity index (χ3v) is 21.0. The SMILES string of the molecule is CCCCCCCCCCCCCCCCCCCCCCCCC(=O)O[C@H](COC(=O)CCCCCCCCCCCCCC(C)C)COP(=O)(O)OC[C@@H](O)COP(=O)(O)OC[C@@H](COC(=O)CCCCCCCCC(C)CC)OC(=O)CCCCCCCCCCCCCCC. The largest absolute Gasteiger partial charge is 0.472 e. The number of hydrogen-bond donors (Lipinski definition) is 3. The molecule has 0 aliphatic carbocycles. The second-order valence-electron chi connectivity index (χ2n) is 29.5. The summed E-state index contributed by atoms with van der Waals surface area (Å²) in [6.07, 6.45) is 61.2. The van der Waals surface area contributed by atoms with Crippen LogP contribution in [0.2, 0.25) is 0 Å². The van der Waals surface area contributed by atoms with E-state index in [1.165, 1.54) is 231 Å². The molecule has 0 bridgehead atoms. The van der Waals surface area contributed by atoms with Crippen molar-refractivity contribution in [3.8, 4) is 0 Å². The molecular formula is C80H156O17P2. The van der Waals surface area contributed by atoms with E-state index in [0.29, 0.717) is 25.7 Å². The molecule has 0 aromatic rings. The van der Waals surface area contributed by atoms with E-state index < -0.39 is 97.5 Å². The van der Waals surface area contributed by atoms with Crippen molar-refractivity contribution in [2.75, 3.05) is 39.6 Å². The Kier molecular flexibility index (Phi) is 70.3. The number of rotatable bonds is 79. The van der Waals surface area contributed by atoms with Crippen LogP contribution >= 0.6 is 15.6 Å². The summed E-state index contributed by atoms with van der Waals surface area (Å²) in [4.78, 5) is 72.9. The lowest BCUT2D eigenvalue weighted by Crippen LogP contribution is -2.30. The molecule has 3 unspecified atom stereocenters. The lowest BCUT2D eigenvalue weighted by molar-refractivity contribution is -0.161. The Labute approximate surface area is 607 Å². The standard InChI is InChI=1S/C80H156O17P2/c1-7-10-12-14-16-18-20-22-23-24-25-26-27-28-29-30-32-36-41-45-53-59-65-79(84)96-75(68-90-77(82)62-56-50-43-39-37-33-34-38-42-48-54-60-72(4)5)70-94-98(86,87)92-66-74(81)67-93-99(88,89)95-71-76(69-91-78(83)63-57-51-47-46-49-55-61-73(6)9-3)97-80(85)64-58-52-44-40-35-31-21-19-17-15-13-11-8-2/h72-76,81H,7-71H2,1-6H3,(H,86,87)(H,88,89)/t73?,74-,75-,76-/m1/s1.